The molecule has 0 bridgehead atoms. The van der Waals surface area contributed by atoms with Crippen LogP contribution >= 0.6 is 11.6 Å². The molecule has 0 saturated heterocycles. The van der Waals surface area contributed by atoms with Crippen LogP contribution in [0.15, 0.2) is 36.0 Å². The topological polar surface area (TPSA) is 61.5 Å². The molecular formula is C13H15ClN4O2. The molecule has 0 aliphatic heterocycles. The molecule has 0 saturated carbocycles. The number of hydrogen-bond donors (Lipinski definition) is 0. The van der Waals surface area contributed by atoms with Crippen molar-refractivity contribution in [3.05, 3.63) is 41.4 Å². The van der Waals surface area contributed by atoms with Gasteiger partial charge in [-0.15, -0.1) is 0 Å². The fourth-order valence-corrected chi connectivity index (χ4v) is 1.69. The van der Waals surface area contributed by atoms with Gasteiger partial charge < -0.3 is 9.57 Å². The molecule has 0 fully saturated rings. The zero-order valence-corrected chi connectivity index (χ0v) is 12.2. The minimum absolute atomic E-state index is 0.0575. The van der Waals surface area contributed by atoms with E-state index in [2.05, 4.69) is 15.2 Å². The molecule has 0 unspecified atom stereocenters. The lowest BCUT2D eigenvalue weighted by molar-refractivity contribution is 0.0851. The second kappa shape index (κ2) is 6.38. The van der Waals surface area contributed by atoms with Gasteiger partial charge in [-0.2, -0.15) is 9.78 Å². The highest BCUT2D eigenvalue weighted by Gasteiger charge is 2.14. The smallest absolute Gasteiger partial charge is 0.202 e. The van der Waals surface area contributed by atoms with Crippen LogP contribution in [0, 0.1) is 0 Å². The number of nitrogens with zero attached hydrogens (tertiary/aromatic N) is 4. The van der Waals surface area contributed by atoms with Crippen LogP contribution in [0.5, 0.6) is 5.75 Å². The van der Waals surface area contributed by atoms with Crippen LogP contribution in [0.4, 0.5) is 0 Å². The van der Waals surface area contributed by atoms with E-state index >= 15 is 0 Å². The van der Waals surface area contributed by atoms with Gasteiger partial charge in [-0.25, -0.2) is 4.98 Å². The van der Waals surface area contributed by atoms with Crippen molar-refractivity contribution in [3.63, 3.8) is 0 Å². The van der Waals surface area contributed by atoms with Gasteiger partial charge in [0, 0.05) is 5.56 Å². The lowest BCUT2D eigenvalue weighted by atomic mass is 10.2. The minimum atomic E-state index is -0.0575. The molecule has 0 amide bonds. The van der Waals surface area contributed by atoms with Gasteiger partial charge in [0.25, 0.3) is 0 Å². The summed E-state index contributed by atoms with van der Waals surface area (Å²) in [4.78, 5) is 9.22. The van der Waals surface area contributed by atoms with Gasteiger partial charge in [0.15, 0.2) is 0 Å². The van der Waals surface area contributed by atoms with Gasteiger partial charge in [0.05, 0.1) is 12.1 Å². The van der Waals surface area contributed by atoms with Gasteiger partial charge in [0.2, 0.25) is 5.84 Å². The summed E-state index contributed by atoms with van der Waals surface area (Å²) in [5.41, 5.74) is 0.650. The number of methoxy groups -OCH3 is 1. The van der Waals surface area contributed by atoms with E-state index in [4.69, 9.17) is 21.2 Å². The highest BCUT2D eigenvalue weighted by molar-refractivity contribution is 6.34. The van der Waals surface area contributed by atoms with Crippen LogP contribution in [0.3, 0.4) is 0 Å². The zero-order chi connectivity index (χ0) is 14.5. The van der Waals surface area contributed by atoms with Gasteiger partial charge in [0.1, 0.15) is 24.5 Å². The molecule has 0 atom stereocenters. The Morgan fingerprint density at radius 3 is 2.80 bits per heavy atom. The normalized spacial score (nSPS) is 11.8. The highest BCUT2D eigenvalue weighted by atomic mass is 35.5. The summed E-state index contributed by atoms with van der Waals surface area (Å²) in [7, 11) is 1.59. The Hall–Kier alpha value is -2.08. The van der Waals surface area contributed by atoms with Crippen molar-refractivity contribution in [2.75, 3.05) is 7.11 Å². The van der Waals surface area contributed by atoms with Gasteiger partial charge >= 0.3 is 0 Å². The maximum atomic E-state index is 6.23. The Labute approximate surface area is 122 Å². The van der Waals surface area contributed by atoms with Crippen molar-refractivity contribution in [2.45, 2.75) is 20.0 Å². The number of rotatable bonds is 4. The van der Waals surface area contributed by atoms with Crippen LogP contribution in [-0.2, 0) is 4.84 Å². The monoisotopic (exact) mass is 294 g/mol. The van der Waals surface area contributed by atoms with Crippen LogP contribution < -0.4 is 4.74 Å². The lowest BCUT2D eigenvalue weighted by Crippen LogP contribution is -2.16. The summed E-state index contributed by atoms with van der Waals surface area (Å²) in [5.74, 6) is 1.11. The molecule has 1 aromatic carbocycles. The van der Waals surface area contributed by atoms with Gasteiger partial charge in [-0.05, 0) is 32.0 Å². The van der Waals surface area contributed by atoms with Crippen LogP contribution in [-0.4, -0.2) is 33.8 Å². The summed E-state index contributed by atoms with van der Waals surface area (Å²) in [6, 6.07) is 5.28. The van der Waals surface area contributed by atoms with E-state index in [1.165, 1.54) is 17.3 Å². The number of oxime groups is 1. The molecule has 20 heavy (non-hydrogen) atoms. The Morgan fingerprint density at radius 2 is 2.20 bits per heavy atom. The average Bonchev–Trinajstić information content (AvgIpc) is 2.94. The highest BCUT2D eigenvalue weighted by Crippen LogP contribution is 2.23. The van der Waals surface area contributed by atoms with E-state index in [1.807, 2.05) is 13.8 Å². The Morgan fingerprint density at radius 1 is 1.40 bits per heavy atom. The number of halogens is 1. The maximum absolute atomic E-state index is 6.23. The summed E-state index contributed by atoms with van der Waals surface area (Å²) in [6.45, 7) is 3.77. The zero-order valence-electron chi connectivity index (χ0n) is 11.4. The molecule has 6 nitrogen and oxygen atoms in total. The van der Waals surface area contributed by atoms with E-state index in [0.29, 0.717) is 22.2 Å². The molecule has 1 aromatic heterocycles. The third kappa shape index (κ3) is 3.27. The average molecular weight is 295 g/mol. The quantitative estimate of drug-likeness (QED) is 0.494. The molecule has 106 valence electrons. The Balaban J connectivity index is 2.49. The van der Waals surface area contributed by atoms with Gasteiger partial charge in [-0.1, -0.05) is 16.8 Å². The Bertz CT molecular complexity index is 596. The van der Waals surface area contributed by atoms with Crippen LogP contribution in [0.1, 0.15) is 19.4 Å². The first-order valence-electron chi connectivity index (χ1n) is 6.04. The second-order valence-corrected chi connectivity index (χ2v) is 4.66. The third-order valence-electron chi connectivity index (χ3n) is 2.40. The first kappa shape index (κ1) is 14.3. The second-order valence-electron chi connectivity index (χ2n) is 4.25. The number of ether oxygens (including phenoxy) is 1. The van der Waals surface area contributed by atoms with E-state index < -0.39 is 0 Å². The maximum Gasteiger partial charge on any atom is 0.202 e. The van der Waals surface area contributed by atoms with Crippen LogP contribution in [0.25, 0.3) is 0 Å². The molecule has 2 aromatic rings. The van der Waals surface area contributed by atoms with E-state index in [-0.39, 0.29) is 6.10 Å². The molecule has 0 aliphatic rings. The predicted molar refractivity (Wildman–Crippen MR) is 76.2 cm³/mol. The van der Waals surface area contributed by atoms with E-state index in [0.717, 1.165) is 0 Å². The van der Waals surface area contributed by atoms with Crippen LogP contribution in [0.2, 0.25) is 5.02 Å². The predicted octanol–water partition coefficient (Wildman–Crippen LogP) is 2.58. The van der Waals surface area contributed by atoms with E-state index in [1.54, 1.807) is 25.3 Å². The fraction of sp³-hybridized carbons (Fsp3) is 0.308. The number of hydrogen-bond acceptors (Lipinski definition) is 5. The molecule has 0 N–H and O–H groups in total. The third-order valence-corrected chi connectivity index (χ3v) is 2.73. The van der Waals surface area contributed by atoms with Crippen molar-refractivity contribution in [2.24, 2.45) is 5.16 Å². The molecule has 0 spiro atoms. The molecule has 1 heterocycles. The lowest BCUT2D eigenvalue weighted by Gasteiger charge is -2.11. The van der Waals surface area contributed by atoms with Gasteiger partial charge in [-0.3, -0.25) is 0 Å². The molecule has 7 heteroatoms. The van der Waals surface area contributed by atoms with Crippen molar-refractivity contribution < 1.29 is 9.57 Å². The molecule has 0 aliphatic carbocycles. The SMILES string of the molecule is COc1ccc(Cl)c(C(=NOC(C)C)n2cncn2)c1. The first-order chi connectivity index (χ1) is 9.61. The summed E-state index contributed by atoms with van der Waals surface area (Å²) in [5, 5.41) is 8.69. The summed E-state index contributed by atoms with van der Waals surface area (Å²) in [6.07, 6.45) is 2.88. The van der Waals surface area contributed by atoms with E-state index in [9.17, 15) is 0 Å². The first-order valence-corrected chi connectivity index (χ1v) is 6.42. The minimum Gasteiger partial charge on any atom is -0.497 e. The standard InChI is InChI=1S/C13H15ClN4O2/c1-9(2)20-17-13(18-8-15-7-16-18)11-6-10(19-3)4-5-12(11)14/h4-9H,1-3H3. The van der Waals surface area contributed by atoms with Crippen molar-refractivity contribution in [3.8, 4) is 5.75 Å². The van der Waals surface area contributed by atoms with Crippen molar-refractivity contribution in [1.29, 1.82) is 0 Å². The van der Waals surface area contributed by atoms with Crippen molar-refractivity contribution in [1.82, 2.24) is 14.8 Å². The molecular weight excluding hydrogens is 280 g/mol. The molecule has 0 radical (unpaired) electrons. The molecule has 2 rings (SSSR count). The number of benzene rings is 1. The number of aromatic nitrogens is 3. The fourth-order valence-electron chi connectivity index (χ4n) is 1.49. The van der Waals surface area contributed by atoms with Crippen molar-refractivity contribution >= 4 is 17.4 Å². The summed E-state index contributed by atoms with van der Waals surface area (Å²) < 4.78 is 6.69. The largest absolute Gasteiger partial charge is 0.497 e. The Kier molecular flexibility index (Phi) is 4.57. The summed E-state index contributed by atoms with van der Waals surface area (Å²) >= 11 is 6.23.